The Kier molecular flexibility index (Phi) is 6.16. The molecule has 0 spiro atoms. The van der Waals surface area contributed by atoms with Gasteiger partial charge < -0.3 is 10.1 Å². The van der Waals surface area contributed by atoms with Crippen LogP contribution in [-0.4, -0.2) is 24.2 Å². The minimum Gasteiger partial charge on any atom is -0.373 e. The third-order valence-electron chi connectivity index (χ3n) is 3.91. The summed E-state index contributed by atoms with van der Waals surface area (Å²) in [6.45, 7) is 6.14. The summed E-state index contributed by atoms with van der Waals surface area (Å²) >= 11 is 0. The number of alkyl halides is 3. The number of rotatable bonds is 7. The van der Waals surface area contributed by atoms with Crippen LogP contribution in [0.3, 0.4) is 0 Å². The maximum atomic E-state index is 13.2. The van der Waals surface area contributed by atoms with Gasteiger partial charge in [-0.05, 0) is 32.9 Å². The summed E-state index contributed by atoms with van der Waals surface area (Å²) in [7, 11) is 1.65. The molecular weight excluding hydrogens is 281 g/mol. The molecule has 0 aromatic carbocycles. The van der Waals surface area contributed by atoms with Crippen molar-refractivity contribution in [1.82, 2.24) is 10.3 Å². The molecule has 1 heterocycles. The minimum atomic E-state index is -4.41. The van der Waals surface area contributed by atoms with Gasteiger partial charge in [0, 0.05) is 24.6 Å². The van der Waals surface area contributed by atoms with Crippen molar-refractivity contribution >= 4 is 0 Å². The Hall–Kier alpha value is -1.14. The Morgan fingerprint density at radius 3 is 2.29 bits per heavy atom. The van der Waals surface area contributed by atoms with Crippen molar-refractivity contribution in [2.45, 2.75) is 51.4 Å². The van der Waals surface area contributed by atoms with Gasteiger partial charge in [0.05, 0.1) is 17.2 Å². The lowest BCUT2D eigenvalue weighted by atomic mass is 9.82. The van der Waals surface area contributed by atoms with E-state index in [0.717, 1.165) is 6.07 Å². The fraction of sp³-hybridized carbons (Fsp3) is 0.667. The first-order valence-corrected chi connectivity index (χ1v) is 7.18. The van der Waals surface area contributed by atoms with Crippen LogP contribution >= 0.6 is 0 Å². The Balaban J connectivity index is 3.39. The molecule has 1 aromatic rings. The second-order valence-electron chi connectivity index (χ2n) is 4.89. The summed E-state index contributed by atoms with van der Waals surface area (Å²) in [5.41, 5.74) is -1.22. The summed E-state index contributed by atoms with van der Waals surface area (Å²) in [4.78, 5) is 3.87. The number of likely N-dealkylation sites (N-methyl/N-ethyl adjacent to an activating group) is 1. The molecule has 0 saturated heterocycles. The summed E-state index contributed by atoms with van der Waals surface area (Å²) in [6.07, 6.45) is -0.751. The molecule has 0 aliphatic rings. The Bertz CT molecular complexity index is 445. The SMILES string of the molecule is CCOC(CC)(CC)C(NC)c1cnccc1C(F)(F)F. The van der Waals surface area contributed by atoms with Crippen molar-refractivity contribution < 1.29 is 17.9 Å². The number of ether oxygens (including phenoxy) is 1. The van der Waals surface area contributed by atoms with Crippen molar-refractivity contribution in [3.63, 3.8) is 0 Å². The standard InChI is InChI=1S/C15H23F3N2O/c1-5-14(6-2,21-7-3)13(19-4)11-10-20-9-8-12(11)15(16,17)18/h8-10,13,19H,5-7H2,1-4H3. The zero-order valence-corrected chi connectivity index (χ0v) is 12.9. The number of pyridine rings is 1. The van der Waals surface area contributed by atoms with Gasteiger partial charge in [-0.25, -0.2) is 0 Å². The van der Waals surface area contributed by atoms with Crippen LogP contribution in [0.4, 0.5) is 13.2 Å². The molecule has 1 N–H and O–H groups in total. The predicted octanol–water partition coefficient (Wildman–Crippen LogP) is 3.96. The highest BCUT2D eigenvalue weighted by Gasteiger charge is 2.42. The van der Waals surface area contributed by atoms with E-state index in [0.29, 0.717) is 19.4 Å². The molecule has 0 fully saturated rings. The van der Waals surface area contributed by atoms with Crippen LogP contribution in [0.2, 0.25) is 0 Å². The van der Waals surface area contributed by atoms with E-state index < -0.39 is 23.4 Å². The van der Waals surface area contributed by atoms with E-state index >= 15 is 0 Å². The maximum Gasteiger partial charge on any atom is 0.416 e. The Morgan fingerprint density at radius 1 is 1.24 bits per heavy atom. The third-order valence-corrected chi connectivity index (χ3v) is 3.91. The van der Waals surface area contributed by atoms with E-state index in [2.05, 4.69) is 10.3 Å². The third kappa shape index (κ3) is 3.74. The van der Waals surface area contributed by atoms with E-state index in [1.807, 2.05) is 20.8 Å². The average Bonchev–Trinajstić information content (AvgIpc) is 2.46. The molecule has 0 bridgehead atoms. The molecule has 1 aromatic heterocycles. The van der Waals surface area contributed by atoms with Crippen LogP contribution in [0, 0.1) is 0 Å². The fourth-order valence-electron chi connectivity index (χ4n) is 2.83. The van der Waals surface area contributed by atoms with Crippen molar-refractivity contribution in [3.05, 3.63) is 29.6 Å². The molecule has 21 heavy (non-hydrogen) atoms. The predicted molar refractivity (Wildman–Crippen MR) is 76.0 cm³/mol. The monoisotopic (exact) mass is 304 g/mol. The summed E-state index contributed by atoms with van der Waals surface area (Å²) in [5.74, 6) is 0. The molecule has 0 radical (unpaired) electrons. The molecule has 6 heteroatoms. The van der Waals surface area contributed by atoms with Crippen LogP contribution in [-0.2, 0) is 10.9 Å². The lowest BCUT2D eigenvalue weighted by Crippen LogP contribution is -2.45. The highest BCUT2D eigenvalue weighted by atomic mass is 19.4. The van der Waals surface area contributed by atoms with E-state index in [9.17, 15) is 13.2 Å². The van der Waals surface area contributed by atoms with E-state index in [-0.39, 0.29) is 5.56 Å². The number of nitrogens with one attached hydrogen (secondary N) is 1. The summed E-state index contributed by atoms with van der Waals surface area (Å²) < 4.78 is 45.5. The lowest BCUT2D eigenvalue weighted by molar-refractivity contribution is -0.140. The highest BCUT2D eigenvalue weighted by molar-refractivity contribution is 5.31. The van der Waals surface area contributed by atoms with Gasteiger partial charge in [-0.2, -0.15) is 13.2 Å². The fourth-order valence-corrected chi connectivity index (χ4v) is 2.83. The number of hydrogen-bond acceptors (Lipinski definition) is 3. The lowest BCUT2D eigenvalue weighted by Gasteiger charge is -2.40. The van der Waals surface area contributed by atoms with Gasteiger partial charge in [0.1, 0.15) is 0 Å². The zero-order valence-electron chi connectivity index (χ0n) is 12.9. The molecule has 1 rings (SSSR count). The van der Waals surface area contributed by atoms with Crippen LogP contribution in [0.1, 0.15) is 50.8 Å². The first kappa shape index (κ1) is 17.9. The van der Waals surface area contributed by atoms with Crippen LogP contribution in [0.25, 0.3) is 0 Å². The molecule has 0 saturated carbocycles. The van der Waals surface area contributed by atoms with Gasteiger partial charge in [0.25, 0.3) is 0 Å². The largest absolute Gasteiger partial charge is 0.416 e. The molecule has 0 amide bonds. The topological polar surface area (TPSA) is 34.1 Å². The zero-order chi connectivity index (χ0) is 16.1. The highest BCUT2D eigenvalue weighted by Crippen LogP contribution is 2.41. The van der Waals surface area contributed by atoms with Crippen LogP contribution < -0.4 is 5.32 Å². The van der Waals surface area contributed by atoms with E-state index in [1.165, 1.54) is 12.4 Å². The van der Waals surface area contributed by atoms with Gasteiger partial charge in [0.2, 0.25) is 0 Å². The first-order chi connectivity index (χ1) is 9.86. The molecule has 0 aliphatic heterocycles. The normalized spacial score (nSPS) is 14.2. The van der Waals surface area contributed by atoms with Crippen molar-refractivity contribution in [2.24, 2.45) is 0 Å². The summed E-state index contributed by atoms with van der Waals surface area (Å²) in [6, 6.07) is 0.444. The van der Waals surface area contributed by atoms with E-state index in [4.69, 9.17) is 4.74 Å². The van der Waals surface area contributed by atoms with Gasteiger partial charge in [-0.1, -0.05) is 13.8 Å². The van der Waals surface area contributed by atoms with Gasteiger partial charge in [-0.3, -0.25) is 4.98 Å². The van der Waals surface area contributed by atoms with Crippen molar-refractivity contribution in [2.75, 3.05) is 13.7 Å². The number of hydrogen-bond donors (Lipinski definition) is 1. The smallest absolute Gasteiger partial charge is 0.373 e. The second kappa shape index (κ2) is 7.22. The molecule has 120 valence electrons. The number of halogens is 3. The molecular formula is C15H23F3N2O. The van der Waals surface area contributed by atoms with E-state index in [1.54, 1.807) is 7.05 Å². The molecule has 3 nitrogen and oxygen atoms in total. The van der Waals surface area contributed by atoms with Crippen molar-refractivity contribution in [1.29, 1.82) is 0 Å². The maximum absolute atomic E-state index is 13.2. The van der Waals surface area contributed by atoms with Crippen LogP contribution in [0.5, 0.6) is 0 Å². The van der Waals surface area contributed by atoms with Crippen LogP contribution in [0.15, 0.2) is 18.5 Å². The van der Waals surface area contributed by atoms with Gasteiger partial charge in [-0.15, -0.1) is 0 Å². The number of nitrogens with zero attached hydrogens (tertiary/aromatic N) is 1. The van der Waals surface area contributed by atoms with Gasteiger partial charge >= 0.3 is 6.18 Å². The second-order valence-corrected chi connectivity index (χ2v) is 4.89. The average molecular weight is 304 g/mol. The molecule has 1 unspecified atom stereocenters. The first-order valence-electron chi connectivity index (χ1n) is 7.18. The molecule has 0 aliphatic carbocycles. The Morgan fingerprint density at radius 2 is 1.86 bits per heavy atom. The quantitative estimate of drug-likeness (QED) is 0.828. The molecule has 1 atom stereocenters. The number of aromatic nitrogens is 1. The van der Waals surface area contributed by atoms with Gasteiger partial charge in [0.15, 0.2) is 0 Å². The Labute approximate surface area is 123 Å². The van der Waals surface area contributed by atoms with Crippen molar-refractivity contribution in [3.8, 4) is 0 Å². The minimum absolute atomic E-state index is 0.129. The summed E-state index contributed by atoms with van der Waals surface area (Å²) in [5, 5.41) is 2.99.